The molecule has 2 aromatic carbocycles. The molecule has 8 heteroatoms. The lowest BCUT2D eigenvalue weighted by Crippen LogP contribution is -2.30. The quantitative estimate of drug-likeness (QED) is 0.515. The molecule has 0 spiro atoms. The monoisotopic (exact) mass is 404 g/mol. The summed E-state index contributed by atoms with van der Waals surface area (Å²) >= 11 is 0. The van der Waals surface area contributed by atoms with E-state index in [1.165, 1.54) is 0 Å². The summed E-state index contributed by atoms with van der Waals surface area (Å²) in [6.45, 7) is 3.84. The Hall–Kier alpha value is -3.68. The molecule has 0 saturated carbocycles. The second kappa shape index (κ2) is 7.98. The second-order valence-electron chi connectivity index (χ2n) is 7.49. The van der Waals surface area contributed by atoms with Crippen molar-refractivity contribution in [3.8, 4) is 17.1 Å². The number of carbonyl (C=O) groups excluding carboxylic acids is 1. The van der Waals surface area contributed by atoms with Gasteiger partial charge in [0.05, 0.1) is 24.4 Å². The maximum absolute atomic E-state index is 12.4. The van der Waals surface area contributed by atoms with Crippen molar-refractivity contribution < 1.29 is 9.53 Å². The third kappa shape index (κ3) is 3.89. The van der Waals surface area contributed by atoms with Crippen molar-refractivity contribution >= 4 is 16.8 Å². The van der Waals surface area contributed by atoms with Gasteiger partial charge < -0.3 is 10.1 Å². The van der Waals surface area contributed by atoms with Crippen LogP contribution in [0, 0.1) is 0 Å². The molecule has 0 saturated heterocycles. The largest absolute Gasteiger partial charge is 0.496 e. The Balaban J connectivity index is 1.61. The van der Waals surface area contributed by atoms with Crippen LogP contribution in [-0.4, -0.2) is 44.0 Å². The molecule has 2 heterocycles. The first-order valence-electron chi connectivity index (χ1n) is 9.76. The van der Waals surface area contributed by atoms with E-state index in [0.717, 1.165) is 27.9 Å². The van der Waals surface area contributed by atoms with E-state index < -0.39 is 0 Å². The summed E-state index contributed by atoms with van der Waals surface area (Å²) in [5, 5.41) is 15.5. The number of hydrogen-bond donors (Lipinski definition) is 2. The minimum atomic E-state index is -0.169. The predicted octanol–water partition coefficient (Wildman–Crippen LogP) is 3.10. The van der Waals surface area contributed by atoms with Crippen LogP contribution in [0.1, 0.15) is 35.6 Å². The fourth-order valence-electron chi connectivity index (χ4n) is 3.34. The molecule has 2 aromatic heterocycles. The smallest absolute Gasteiger partial charge is 0.255 e. The van der Waals surface area contributed by atoms with Crippen LogP contribution in [-0.2, 0) is 13.5 Å². The van der Waals surface area contributed by atoms with Crippen molar-refractivity contribution in [2.45, 2.75) is 26.3 Å². The molecule has 0 radical (unpaired) electrons. The van der Waals surface area contributed by atoms with Crippen molar-refractivity contribution in [3.05, 3.63) is 59.5 Å². The molecule has 0 unspecified atom stereocenters. The molecule has 0 aliphatic rings. The Labute approximate surface area is 174 Å². The Bertz CT molecular complexity index is 1210. The van der Waals surface area contributed by atoms with Gasteiger partial charge in [-0.25, -0.2) is 4.98 Å². The number of benzene rings is 2. The van der Waals surface area contributed by atoms with Gasteiger partial charge in [-0.2, -0.15) is 10.2 Å². The summed E-state index contributed by atoms with van der Waals surface area (Å²) in [5.41, 5.74) is 3.41. The number of fused-ring (bicyclic) bond motifs is 1. The van der Waals surface area contributed by atoms with Gasteiger partial charge in [-0.05, 0) is 43.7 Å². The maximum atomic E-state index is 12.4. The molecule has 0 atom stereocenters. The minimum Gasteiger partial charge on any atom is -0.496 e. The average molecular weight is 404 g/mol. The predicted molar refractivity (Wildman–Crippen MR) is 114 cm³/mol. The SMILES string of the molecule is COc1cc(-c2nc(Cc3ccc4[nH]ncc4c3)n(C)n2)ccc1C(=O)NC(C)C. The first-order valence-corrected chi connectivity index (χ1v) is 9.76. The molecule has 0 bridgehead atoms. The molecule has 0 aliphatic heterocycles. The van der Waals surface area contributed by atoms with E-state index in [1.807, 2.05) is 39.2 Å². The highest BCUT2D eigenvalue weighted by Crippen LogP contribution is 2.26. The zero-order valence-corrected chi connectivity index (χ0v) is 17.4. The van der Waals surface area contributed by atoms with Gasteiger partial charge in [0, 0.05) is 30.5 Å². The molecule has 8 nitrogen and oxygen atoms in total. The maximum Gasteiger partial charge on any atom is 0.255 e. The van der Waals surface area contributed by atoms with Gasteiger partial charge in [0.2, 0.25) is 0 Å². The number of nitrogens with one attached hydrogen (secondary N) is 2. The van der Waals surface area contributed by atoms with E-state index in [4.69, 9.17) is 9.72 Å². The van der Waals surface area contributed by atoms with E-state index in [1.54, 1.807) is 23.9 Å². The second-order valence-corrected chi connectivity index (χ2v) is 7.49. The van der Waals surface area contributed by atoms with Gasteiger partial charge in [-0.1, -0.05) is 12.1 Å². The van der Waals surface area contributed by atoms with E-state index in [-0.39, 0.29) is 11.9 Å². The Morgan fingerprint density at radius 3 is 2.83 bits per heavy atom. The Kier molecular flexibility index (Phi) is 5.22. The summed E-state index contributed by atoms with van der Waals surface area (Å²) in [4.78, 5) is 17.1. The van der Waals surface area contributed by atoms with Gasteiger partial charge in [-0.15, -0.1) is 0 Å². The zero-order chi connectivity index (χ0) is 21.3. The highest BCUT2D eigenvalue weighted by molar-refractivity contribution is 5.97. The lowest BCUT2D eigenvalue weighted by molar-refractivity contribution is 0.0940. The summed E-state index contributed by atoms with van der Waals surface area (Å²) in [6.07, 6.45) is 2.46. The lowest BCUT2D eigenvalue weighted by Gasteiger charge is -2.12. The summed E-state index contributed by atoms with van der Waals surface area (Å²) < 4.78 is 7.22. The van der Waals surface area contributed by atoms with Crippen LogP contribution in [0.25, 0.3) is 22.3 Å². The molecule has 154 valence electrons. The summed E-state index contributed by atoms with van der Waals surface area (Å²) in [5.74, 6) is 1.75. The van der Waals surface area contributed by atoms with Gasteiger partial charge in [0.1, 0.15) is 11.6 Å². The zero-order valence-electron chi connectivity index (χ0n) is 17.4. The van der Waals surface area contributed by atoms with Crippen LogP contribution in [0.2, 0.25) is 0 Å². The number of amides is 1. The van der Waals surface area contributed by atoms with Crippen LogP contribution < -0.4 is 10.1 Å². The lowest BCUT2D eigenvalue weighted by atomic mass is 10.1. The van der Waals surface area contributed by atoms with Crippen molar-refractivity contribution in [3.63, 3.8) is 0 Å². The van der Waals surface area contributed by atoms with Gasteiger partial charge >= 0.3 is 0 Å². The van der Waals surface area contributed by atoms with Crippen LogP contribution in [0.15, 0.2) is 42.6 Å². The van der Waals surface area contributed by atoms with Gasteiger partial charge in [-0.3, -0.25) is 14.6 Å². The number of nitrogens with zero attached hydrogens (tertiary/aromatic N) is 4. The van der Waals surface area contributed by atoms with Crippen LogP contribution >= 0.6 is 0 Å². The Morgan fingerprint density at radius 2 is 2.07 bits per heavy atom. The van der Waals surface area contributed by atoms with Crippen LogP contribution in [0.3, 0.4) is 0 Å². The highest BCUT2D eigenvalue weighted by Gasteiger charge is 2.17. The number of aryl methyl sites for hydroxylation is 1. The van der Waals surface area contributed by atoms with Crippen molar-refractivity contribution in [1.82, 2.24) is 30.3 Å². The number of H-pyrrole nitrogens is 1. The van der Waals surface area contributed by atoms with Crippen LogP contribution in [0.4, 0.5) is 0 Å². The topological polar surface area (TPSA) is 97.7 Å². The number of methoxy groups -OCH3 is 1. The van der Waals surface area contributed by atoms with Gasteiger partial charge in [0.15, 0.2) is 5.82 Å². The number of carbonyl (C=O) groups is 1. The number of rotatable bonds is 6. The molecular weight excluding hydrogens is 380 g/mol. The van der Waals surface area contributed by atoms with E-state index in [2.05, 4.69) is 32.7 Å². The molecule has 1 amide bonds. The van der Waals surface area contributed by atoms with E-state index >= 15 is 0 Å². The van der Waals surface area contributed by atoms with Crippen molar-refractivity contribution in [2.24, 2.45) is 7.05 Å². The Morgan fingerprint density at radius 1 is 1.23 bits per heavy atom. The molecular formula is C22H24N6O2. The number of hydrogen-bond acceptors (Lipinski definition) is 5. The molecule has 4 aromatic rings. The highest BCUT2D eigenvalue weighted by atomic mass is 16.5. The standard InChI is InChI=1S/C22H24N6O2/c1-13(2)24-22(29)17-7-6-15(11-19(17)30-4)21-25-20(28(3)27-21)10-14-5-8-18-16(9-14)12-23-26-18/h5-9,11-13H,10H2,1-4H3,(H,23,26)(H,24,29). The number of aromatic amines is 1. The molecule has 0 fully saturated rings. The first-order chi connectivity index (χ1) is 14.4. The summed E-state index contributed by atoms with van der Waals surface area (Å²) in [6, 6.07) is 11.6. The molecule has 2 N–H and O–H groups in total. The average Bonchev–Trinajstić information content (AvgIpc) is 3.33. The number of ether oxygens (including phenoxy) is 1. The summed E-state index contributed by atoms with van der Waals surface area (Å²) in [7, 11) is 3.43. The van der Waals surface area contributed by atoms with Crippen LogP contribution in [0.5, 0.6) is 5.75 Å². The normalized spacial score (nSPS) is 11.2. The van der Waals surface area contributed by atoms with Crippen molar-refractivity contribution in [2.75, 3.05) is 7.11 Å². The molecule has 30 heavy (non-hydrogen) atoms. The minimum absolute atomic E-state index is 0.0446. The third-order valence-electron chi connectivity index (χ3n) is 4.84. The van der Waals surface area contributed by atoms with Crippen molar-refractivity contribution in [1.29, 1.82) is 0 Å². The number of aromatic nitrogens is 5. The third-order valence-corrected chi connectivity index (χ3v) is 4.84. The first kappa shape index (κ1) is 19.6. The van der Waals surface area contributed by atoms with Gasteiger partial charge in [0.25, 0.3) is 5.91 Å². The molecule has 0 aliphatic carbocycles. The fourth-order valence-corrected chi connectivity index (χ4v) is 3.34. The van der Waals surface area contributed by atoms with E-state index in [9.17, 15) is 4.79 Å². The molecule has 4 rings (SSSR count). The van der Waals surface area contributed by atoms with E-state index in [0.29, 0.717) is 23.6 Å². The fraction of sp³-hybridized carbons (Fsp3) is 0.273.